The summed E-state index contributed by atoms with van der Waals surface area (Å²) < 4.78 is 1.75. The van der Waals surface area contributed by atoms with Gasteiger partial charge in [0, 0.05) is 37.9 Å². The fourth-order valence-corrected chi connectivity index (χ4v) is 3.46. The molecule has 0 bridgehead atoms. The Balaban J connectivity index is 1.45. The molecule has 1 atom stereocenters. The Morgan fingerprint density at radius 1 is 1.19 bits per heavy atom. The molecule has 0 radical (unpaired) electrons. The van der Waals surface area contributed by atoms with E-state index in [0.717, 1.165) is 29.9 Å². The van der Waals surface area contributed by atoms with Gasteiger partial charge in [-0.3, -0.25) is 4.79 Å². The van der Waals surface area contributed by atoms with Gasteiger partial charge in [0.25, 0.3) is 5.91 Å². The summed E-state index contributed by atoms with van der Waals surface area (Å²) in [5, 5.41) is 3.11. The highest BCUT2D eigenvalue weighted by Gasteiger charge is 2.27. The number of nitrogens with zero attached hydrogens (tertiary/aromatic N) is 5. The third-order valence-electron chi connectivity index (χ3n) is 4.85. The van der Waals surface area contributed by atoms with Gasteiger partial charge in [0.1, 0.15) is 5.69 Å². The van der Waals surface area contributed by atoms with Gasteiger partial charge < -0.3 is 14.8 Å². The van der Waals surface area contributed by atoms with Gasteiger partial charge in [-0.25, -0.2) is 15.0 Å². The van der Waals surface area contributed by atoms with Crippen molar-refractivity contribution in [2.75, 3.05) is 18.0 Å². The Bertz CT molecular complexity index is 933. The molecule has 2 aromatic heterocycles. The van der Waals surface area contributed by atoms with Crippen molar-refractivity contribution >= 4 is 11.9 Å². The summed E-state index contributed by atoms with van der Waals surface area (Å²) in [5.41, 5.74) is 3.31. The lowest BCUT2D eigenvalue weighted by Gasteiger charge is -2.17. The van der Waals surface area contributed by atoms with E-state index in [4.69, 9.17) is 4.98 Å². The first kappa shape index (κ1) is 17.2. The highest BCUT2D eigenvalue weighted by atomic mass is 16.2. The van der Waals surface area contributed by atoms with Crippen LogP contribution in [0.3, 0.4) is 0 Å². The number of imidazole rings is 1. The molecule has 0 saturated carbocycles. The number of amides is 1. The van der Waals surface area contributed by atoms with E-state index in [0.29, 0.717) is 18.2 Å². The molecular formula is C20H22N6O. The van der Waals surface area contributed by atoms with E-state index in [1.54, 1.807) is 17.1 Å². The second kappa shape index (κ2) is 7.19. The quantitative estimate of drug-likeness (QED) is 0.770. The van der Waals surface area contributed by atoms with Crippen LogP contribution in [0.4, 0.5) is 5.95 Å². The van der Waals surface area contributed by atoms with Crippen LogP contribution in [0.5, 0.6) is 0 Å². The molecule has 1 aromatic carbocycles. The number of nitrogens with one attached hydrogen (secondary N) is 1. The second-order valence-corrected chi connectivity index (χ2v) is 6.80. The largest absolute Gasteiger partial charge is 0.346 e. The van der Waals surface area contributed by atoms with Crippen LogP contribution in [0.15, 0.2) is 48.9 Å². The lowest BCUT2D eigenvalue weighted by molar-refractivity contribution is 0.0931. The van der Waals surface area contributed by atoms with Crippen LogP contribution >= 0.6 is 0 Å². The van der Waals surface area contributed by atoms with Crippen LogP contribution in [0.25, 0.3) is 11.3 Å². The predicted octanol–water partition coefficient (Wildman–Crippen LogP) is 2.19. The molecule has 1 aliphatic rings. The van der Waals surface area contributed by atoms with E-state index < -0.39 is 0 Å². The van der Waals surface area contributed by atoms with Gasteiger partial charge >= 0.3 is 0 Å². The molecule has 1 amide bonds. The molecule has 3 heterocycles. The first-order chi connectivity index (χ1) is 13.1. The molecule has 27 heavy (non-hydrogen) atoms. The molecule has 1 N–H and O–H groups in total. The van der Waals surface area contributed by atoms with Gasteiger partial charge in [-0.1, -0.05) is 30.3 Å². The van der Waals surface area contributed by atoms with Gasteiger partial charge in [-0.15, -0.1) is 0 Å². The molecule has 7 nitrogen and oxygen atoms in total. The minimum atomic E-state index is -0.0849. The summed E-state index contributed by atoms with van der Waals surface area (Å²) in [6.45, 7) is 3.35. The predicted molar refractivity (Wildman–Crippen MR) is 103 cm³/mol. The van der Waals surface area contributed by atoms with Crippen molar-refractivity contribution in [2.45, 2.75) is 19.4 Å². The molecule has 1 saturated heterocycles. The normalized spacial score (nSPS) is 16.5. The lowest BCUT2D eigenvalue weighted by Crippen LogP contribution is -2.38. The highest BCUT2D eigenvalue weighted by Crippen LogP contribution is 2.21. The average Bonchev–Trinajstić information content (AvgIpc) is 3.29. The van der Waals surface area contributed by atoms with E-state index in [-0.39, 0.29) is 11.9 Å². The van der Waals surface area contributed by atoms with Crippen molar-refractivity contribution in [3.8, 4) is 11.3 Å². The van der Waals surface area contributed by atoms with Gasteiger partial charge in [-0.2, -0.15) is 0 Å². The molecule has 1 fully saturated rings. The number of aromatic nitrogens is 4. The number of benzene rings is 1. The topological polar surface area (TPSA) is 75.9 Å². The van der Waals surface area contributed by atoms with Gasteiger partial charge in [0.05, 0.1) is 17.7 Å². The van der Waals surface area contributed by atoms with Crippen LogP contribution in [0, 0.1) is 6.92 Å². The molecule has 4 rings (SSSR count). The Labute approximate surface area is 158 Å². The maximum absolute atomic E-state index is 12.6. The maximum Gasteiger partial charge on any atom is 0.270 e. The van der Waals surface area contributed by atoms with Crippen molar-refractivity contribution in [3.63, 3.8) is 0 Å². The van der Waals surface area contributed by atoms with Crippen molar-refractivity contribution in [1.29, 1.82) is 0 Å². The summed E-state index contributed by atoms with van der Waals surface area (Å²) >= 11 is 0. The monoisotopic (exact) mass is 362 g/mol. The molecule has 138 valence electrons. The van der Waals surface area contributed by atoms with E-state index in [9.17, 15) is 4.79 Å². The van der Waals surface area contributed by atoms with Gasteiger partial charge in [0.2, 0.25) is 5.95 Å². The summed E-state index contributed by atoms with van der Waals surface area (Å²) in [4.78, 5) is 28.0. The summed E-state index contributed by atoms with van der Waals surface area (Å²) in [7, 11) is 1.83. The second-order valence-electron chi connectivity index (χ2n) is 6.80. The number of rotatable bonds is 4. The van der Waals surface area contributed by atoms with E-state index in [1.807, 2.05) is 50.4 Å². The van der Waals surface area contributed by atoms with Crippen LogP contribution in [-0.2, 0) is 7.05 Å². The zero-order valence-corrected chi connectivity index (χ0v) is 15.5. The van der Waals surface area contributed by atoms with Crippen LogP contribution < -0.4 is 10.2 Å². The zero-order chi connectivity index (χ0) is 18.8. The van der Waals surface area contributed by atoms with Gasteiger partial charge in [0.15, 0.2) is 0 Å². The standard InChI is InChI=1S/C20H22N6O/c1-14-18(25(2)13-22-14)19(27)23-16-9-11-26(12-16)20-21-10-8-17(24-20)15-6-4-3-5-7-15/h3-8,10,13,16H,9,11-12H2,1-2H3,(H,23,27). The number of carbonyl (C=O) groups is 1. The van der Waals surface area contributed by atoms with E-state index in [2.05, 4.69) is 20.2 Å². The Morgan fingerprint density at radius 3 is 2.74 bits per heavy atom. The first-order valence-corrected chi connectivity index (χ1v) is 9.04. The average molecular weight is 362 g/mol. The summed E-state index contributed by atoms with van der Waals surface area (Å²) in [5.74, 6) is 0.614. The molecule has 1 aliphatic heterocycles. The first-order valence-electron chi connectivity index (χ1n) is 9.04. The van der Waals surface area contributed by atoms with Crippen LogP contribution in [-0.4, -0.2) is 44.6 Å². The maximum atomic E-state index is 12.6. The van der Waals surface area contributed by atoms with Crippen molar-refractivity contribution in [3.05, 3.63) is 60.3 Å². The fraction of sp³-hybridized carbons (Fsp3) is 0.300. The Kier molecular flexibility index (Phi) is 4.58. The Hall–Kier alpha value is -3.22. The third-order valence-corrected chi connectivity index (χ3v) is 4.85. The summed E-state index contributed by atoms with van der Waals surface area (Å²) in [6.07, 6.45) is 4.31. The number of anilines is 1. The number of hydrogen-bond donors (Lipinski definition) is 1. The van der Waals surface area contributed by atoms with Crippen molar-refractivity contribution in [2.24, 2.45) is 7.05 Å². The van der Waals surface area contributed by atoms with Crippen LogP contribution in [0.2, 0.25) is 0 Å². The molecule has 0 aliphatic carbocycles. The minimum absolute atomic E-state index is 0.0655. The SMILES string of the molecule is Cc1ncn(C)c1C(=O)NC1CCN(c2nccc(-c3ccccc3)n2)C1. The zero-order valence-electron chi connectivity index (χ0n) is 15.5. The molecule has 7 heteroatoms. The molecule has 1 unspecified atom stereocenters. The fourth-order valence-electron chi connectivity index (χ4n) is 3.46. The highest BCUT2D eigenvalue weighted by molar-refractivity contribution is 5.93. The molecule has 0 spiro atoms. The number of carbonyl (C=O) groups excluding carboxylic acids is 1. The smallest absolute Gasteiger partial charge is 0.270 e. The van der Waals surface area contributed by atoms with Gasteiger partial charge in [-0.05, 0) is 19.4 Å². The number of aryl methyl sites for hydroxylation is 2. The lowest BCUT2D eigenvalue weighted by atomic mass is 10.1. The Morgan fingerprint density at radius 2 is 2.00 bits per heavy atom. The van der Waals surface area contributed by atoms with Crippen LogP contribution in [0.1, 0.15) is 22.6 Å². The van der Waals surface area contributed by atoms with Crippen molar-refractivity contribution < 1.29 is 4.79 Å². The molecular weight excluding hydrogens is 340 g/mol. The summed E-state index contributed by atoms with van der Waals surface area (Å²) in [6, 6.07) is 12.0. The molecule has 3 aromatic rings. The van der Waals surface area contributed by atoms with Crippen molar-refractivity contribution in [1.82, 2.24) is 24.8 Å². The third kappa shape index (κ3) is 3.53. The van der Waals surface area contributed by atoms with E-state index in [1.165, 1.54) is 0 Å². The number of hydrogen-bond acceptors (Lipinski definition) is 5. The minimum Gasteiger partial charge on any atom is -0.346 e. The van der Waals surface area contributed by atoms with E-state index >= 15 is 0 Å².